The number of rotatable bonds is 7. The van der Waals surface area contributed by atoms with Gasteiger partial charge in [0.2, 0.25) is 0 Å². The molecule has 1 aliphatic heterocycles. The van der Waals surface area contributed by atoms with E-state index >= 15 is 0 Å². The lowest BCUT2D eigenvalue weighted by atomic mass is 9.96. The Bertz CT molecular complexity index is 1040. The molecule has 0 saturated carbocycles. The van der Waals surface area contributed by atoms with Crippen LogP contribution in [0.25, 0.3) is 28.1 Å². The van der Waals surface area contributed by atoms with Gasteiger partial charge in [0, 0.05) is 24.3 Å². The second-order valence-corrected chi connectivity index (χ2v) is 7.45. The molecule has 0 unspecified atom stereocenters. The molecule has 1 aliphatic rings. The molecule has 3 aromatic rings. The van der Waals surface area contributed by atoms with E-state index in [4.69, 9.17) is 18.9 Å². The van der Waals surface area contributed by atoms with Crippen LogP contribution in [0.2, 0.25) is 0 Å². The molecule has 0 spiro atoms. The van der Waals surface area contributed by atoms with Gasteiger partial charge in [0.05, 0.1) is 18.7 Å². The lowest BCUT2D eigenvalue weighted by molar-refractivity contribution is -0.0631. The smallest absolute Gasteiger partial charge is 0.188 e. The molecule has 0 amide bonds. The van der Waals surface area contributed by atoms with Crippen molar-refractivity contribution in [2.45, 2.75) is 19.4 Å². The molecule has 0 atom stereocenters. The van der Waals surface area contributed by atoms with Crippen LogP contribution in [0.5, 0.6) is 5.75 Å². The van der Waals surface area contributed by atoms with Crippen molar-refractivity contribution in [3.8, 4) is 16.9 Å². The number of nitrogens with zero attached hydrogens (tertiary/aromatic N) is 1. The number of hydrogen-bond acceptors (Lipinski definition) is 5. The summed E-state index contributed by atoms with van der Waals surface area (Å²) >= 11 is 0. The van der Waals surface area contributed by atoms with Crippen molar-refractivity contribution in [3.63, 3.8) is 0 Å². The molecule has 1 aromatic heterocycles. The van der Waals surface area contributed by atoms with Gasteiger partial charge in [0.1, 0.15) is 11.5 Å². The molecular weight excluding hydrogens is 366 g/mol. The Morgan fingerprint density at radius 1 is 1.00 bits per heavy atom. The maximum atomic E-state index is 6.19. The summed E-state index contributed by atoms with van der Waals surface area (Å²) in [5.41, 5.74) is 3.61. The van der Waals surface area contributed by atoms with Crippen molar-refractivity contribution >= 4 is 17.0 Å². The van der Waals surface area contributed by atoms with Crippen LogP contribution in [0, 0.1) is 0 Å². The van der Waals surface area contributed by atoms with Crippen molar-refractivity contribution in [1.82, 2.24) is 4.98 Å². The fraction of sp³-hybridized carbons (Fsp3) is 0.292. The van der Waals surface area contributed by atoms with E-state index in [-0.39, 0.29) is 6.79 Å². The first-order valence-electron chi connectivity index (χ1n) is 9.67. The van der Waals surface area contributed by atoms with Crippen LogP contribution < -0.4 is 4.74 Å². The number of aromatic nitrogens is 1. The first-order chi connectivity index (χ1) is 14.1. The van der Waals surface area contributed by atoms with E-state index in [1.807, 2.05) is 38.3 Å². The lowest BCUT2D eigenvalue weighted by Gasteiger charge is -2.33. The SMILES string of the molecule is COCCOCOC1=Cc2cc(-c3ccc4cccnc4c3)ccc2OC1(C)C. The standard InChI is InChI=1S/C24H25NO4/c1-24(2)23(28-16-27-12-11-26-3)15-20-13-18(8-9-22(20)29-24)19-7-6-17-5-4-10-25-21(17)14-19/h4-10,13-15H,11-12,16H2,1-3H3. The number of ether oxygens (including phenoxy) is 4. The van der Waals surface area contributed by atoms with E-state index in [0.29, 0.717) is 13.2 Å². The molecule has 5 nitrogen and oxygen atoms in total. The van der Waals surface area contributed by atoms with Crippen LogP contribution in [0.3, 0.4) is 0 Å². The quantitative estimate of drug-likeness (QED) is 0.417. The Balaban J connectivity index is 1.60. The number of fused-ring (bicyclic) bond motifs is 2. The second-order valence-electron chi connectivity index (χ2n) is 7.45. The van der Waals surface area contributed by atoms with Crippen molar-refractivity contribution < 1.29 is 18.9 Å². The minimum atomic E-state index is -0.563. The zero-order valence-electron chi connectivity index (χ0n) is 17.0. The number of pyridine rings is 1. The van der Waals surface area contributed by atoms with E-state index in [0.717, 1.165) is 39.1 Å². The third kappa shape index (κ3) is 4.26. The molecule has 0 radical (unpaired) electrons. The van der Waals surface area contributed by atoms with Gasteiger partial charge in [-0.1, -0.05) is 24.3 Å². The van der Waals surface area contributed by atoms with E-state index in [9.17, 15) is 0 Å². The molecule has 0 aliphatic carbocycles. The molecule has 29 heavy (non-hydrogen) atoms. The Hall–Kier alpha value is -2.89. The summed E-state index contributed by atoms with van der Waals surface area (Å²) in [6, 6.07) is 16.5. The molecule has 0 saturated heterocycles. The first kappa shape index (κ1) is 19.4. The minimum Gasteiger partial charge on any atom is -0.479 e. The Morgan fingerprint density at radius 2 is 1.83 bits per heavy atom. The van der Waals surface area contributed by atoms with Crippen molar-refractivity contribution in [2.75, 3.05) is 27.1 Å². The van der Waals surface area contributed by atoms with E-state index < -0.39 is 5.60 Å². The molecule has 2 heterocycles. The highest BCUT2D eigenvalue weighted by molar-refractivity contribution is 5.84. The highest BCUT2D eigenvalue weighted by Crippen LogP contribution is 2.38. The van der Waals surface area contributed by atoms with Gasteiger partial charge >= 0.3 is 0 Å². The third-order valence-corrected chi connectivity index (χ3v) is 4.92. The molecule has 0 fully saturated rings. The molecule has 2 aromatic carbocycles. The van der Waals surface area contributed by atoms with Gasteiger partial charge in [-0.25, -0.2) is 0 Å². The summed E-state index contributed by atoms with van der Waals surface area (Å²) in [6.07, 6.45) is 3.84. The second kappa shape index (κ2) is 8.23. The number of methoxy groups -OCH3 is 1. The predicted octanol–water partition coefficient (Wildman–Crippen LogP) is 5.05. The van der Waals surface area contributed by atoms with Gasteiger partial charge < -0.3 is 18.9 Å². The fourth-order valence-electron chi connectivity index (χ4n) is 3.34. The summed E-state index contributed by atoms with van der Waals surface area (Å²) in [4.78, 5) is 4.46. The topological polar surface area (TPSA) is 49.8 Å². The summed E-state index contributed by atoms with van der Waals surface area (Å²) in [5.74, 6) is 1.57. The van der Waals surface area contributed by atoms with Gasteiger partial charge in [-0.3, -0.25) is 4.98 Å². The number of hydrogen-bond donors (Lipinski definition) is 0. The Morgan fingerprint density at radius 3 is 2.69 bits per heavy atom. The van der Waals surface area contributed by atoms with E-state index in [1.165, 1.54) is 0 Å². The van der Waals surface area contributed by atoms with Crippen LogP contribution >= 0.6 is 0 Å². The molecule has 0 N–H and O–H groups in total. The molecule has 4 rings (SSSR count). The minimum absolute atomic E-state index is 0.160. The molecule has 0 bridgehead atoms. The maximum absolute atomic E-state index is 6.19. The fourth-order valence-corrected chi connectivity index (χ4v) is 3.34. The predicted molar refractivity (Wildman–Crippen MR) is 114 cm³/mol. The summed E-state index contributed by atoms with van der Waals surface area (Å²) in [6.45, 7) is 5.16. The molecule has 150 valence electrons. The maximum Gasteiger partial charge on any atom is 0.188 e. The Labute approximate surface area is 170 Å². The zero-order chi connectivity index (χ0) is 20.3. The molecular formula is C24H25NO4. The van der Waals surface area contributed by atoms with Crippen molar-refractivity contribution in [1.29, 1.82) is 0 Å². The first-order valence-corrected chi connectivity index (χ1v) is 9.67. The largest absolute Gasteiger partial charge is 0.479 e. The van der Waals surface area contributed by atoms with Gasteiger partial charge in [0.15, 0.2) is 12.4 Å². The van der Waals surface area contributed by atoms with Crippen LogP contribution in [0.4, 0.5) is 0 Å². The average Bonchev–Trinajstić information content (AvgIpc) is 2.73. The monoisotopic (exact) mass is 391 g/mol. The summed E-state index contributed by atoms with van der Waals surface area (Å²) in [7, 11) is 1.64. The highest BCUT2D eigenvalue weighted by Gasteiger charge is 2.32. The van der Waals surface area contributed by atoms with Crippen molar-refractivity contribution in [2.24, 2.45) is 0 Å². The normalized spacial score (nSPS) is 14.8. The Kier molecular flexibility index (Phi) is 5.51. The van der Waals surface area contributed by atoms with Crippen LogP contribution in [-0.2, 0) is 14.2 Å². The molecule has 5 heteroatoms. The van der Waals surface area contributed by atoms with Gasteiger partial charge in [-0.15, -0.1) is 0 Å². The summed E-state index contributed by atoms with van der Waals surface area (Å²) in [5, 5.41) is 1.13. The third-order valence-electron chi connectivity index (χ3n) is 4.92. The van der Waals surface area contributed by atoms with Gasteiger partial charge in [-0.2, -0.15) is 0 Å². The lowest BCUT2D eigenvalue weighted by Crippen LogP contribution is -2.34. The summed E-state index contributed by atoms with van der Waals surface area (Å²) < 4.78 is 22.5. The van der Waals surface area contributed by atoms with E-state index in [2.05, 4.69) is 41.4 Å². The average molecular weight is 391 g/mol. The number of benzene rings is 2. The van der Waals surface area contributed by atoms with Gasteiger partial charge in [-0.05, 0) is 55.3 Å². The van der Waals surface area contributed by atoms with Crippen molar-refractivity contribution in [3.05, 3.63) is 66.1 Å². The van der Waals surface area contributed by atoms with Crippen LogP contribution in [0.1, 0.15) is 19.4 Å². The van der Waals surface area contributed by atoms with Gasteiger partial charge in [0.25, 0.3) is 0 Å². The highest BCUT2D eigenvalue weighted by atomic mass is 16.7. The zero-order valence-corrected chi connectivity index (χ0v) is 17.0. The van der Waals surface area contributed by atoms with Crippen LogP contribution in [-0.4, -0.2) is 37.7 Å². The van der Waals surface area contributed by atoms with Crippen LogP contribution in [0.15, 0.2) is 60.5 Å². The van der Waals surface area contributed by atoms with E-state index in [1.54, 1.807) is 7.11 Å².